The van der Waals surface area contributed by atoms with Crippen LogP contribution in [0.25, 0.3) is 44.3 Å². The van der Waals surface area contributed by atoms with Crippen LogP contribution < -0.4 is 11.1 Å². The number of nitrogens with two attached hydrogens (primary N) is 1. The van der Waals surface area contributed by atoms with E-state index >= 15 is 0 Å². The van der Waals surface area contributed by atoms with Gasteiger partial charge < -0.3 is 35.2 Å². The van der Waals surface area contributed by atoms with Crippen LogP contribution in [0.3, 0.4) is 0 Å². The van der Waals surface area contributed by atoms with Gasteiger partial charge in [0.25, 0.3) is 0 Å². The number of benzene rings is 3. The SMILES string of the molecule is COCC/N=C(\N)c1ccc2cc(-c3ccc(-c4cc5ccc(/C(=N/CCOC)NCCOC)cc5[nH]4)cc3)[nH]c2c1. The van der Waals surface area contributed by atoms with Crippen molar-refractivity contribution in [3.8, 4) is 22.5 Å². The normalized spacial score (nSPS) is 12.5. The predicted molar refractivity (Wildman–Crippen MR) is 172 cm³/mol. The minimum atomic E-state index is 0.511. The van der Waals surface area contributed by atoms with E-state index in [2.05, 4.69) is 80.9 Å². The fourth-order valence-corrected chi connectivity index (χ4v) is 4.82. The summed E-state index contributed by atoms with van der Waals surface area (Å²) in [4.78, 5) is 16.2. The standard InChI is InChI=1S/C33H38N6O3/c1-40-15-12-35-32(34)26-10-8-24-18-28(38-30(24)20-26)22-4-6-23(7-5-22)29-19-25-9-11-27(21-31(25)39-29)33(36-13-16-41-2)37-14-17-42-3/h4-11,18-21,38-39H,12-17H2,1-3H3,(H2,34,35)(H,36,37). The Labute approximate surface area is 245 Å². The fourth-order valence-electron chi connectivity index (χ4n) is 4.82. The lowest BCUT2D eigenvalue weighted by molar-refractivity contribution is 0.203. The van der Waals surface area contributed by atoms with Crippen molar-refractivity contribution in [3.05, 3.63) is 83.9 Å². The van der Waals surface area contributed by atoms with Gasteiger partial charge in [0.2, 0.25) is 0 Å². The Bertz CT molecular complexity index is 1680. The van der Waals surface area contributed by atoms with E-state index in [1.807, 2.05) is 12.1 Å². The quantitative estimate of drug-likeness (QED) is 0.0911. The molecular formula is C33H38N6O3. The van der Waals surface area contributed by atoms with E-state index in [1.54, 1.807) is 21.3 Å². The number of hydrogen-bond acceptors (Lipinski definition) is 5. The summed E-state index contributed by atoms with van der Waals surface area (Å²) < 4.78 is 15.4. The molecule has 3 aromatic carbocycles. The van der Waals surface area contributed by atoms with Crippen LogP contribution in [0, 0.1) is 0 Å². The predicted octanol–water partition coefficient (Wildman–Crippen LogP) is 4.96. The lowest BCUT2D eigenvalue weighted by Gasteiger charge is -2.10. The molecule has 0 amide bonds. The zero-order valence-corrected chi connectivity index (χ0v) is 24.4. The zero-order valence-electron chi connectivity index (χ0n) is 24.4. The number of amidine groups is 2. The van der Waals surface area contributed by atoms with Crippen LogP contribution >= 0.6 is 0 Å². The van der Waals surface area contributed by atoms with E-state index in [4.69, 9.17) is 24.9 Å². The molecule has 0 saturated heterocycles. The summed E-state index contributed by atoms with van der Waals surface area (Å²) in [5.41, 5.74) is 14.5. The Hall–Kier alpha value is -4.44. The third-order valence-corrected chi connectivity index (χ3v) is 7.06. The van der Waals surface area contributed by atoms with Crippen molar-refractivity contribution in [2.45, 2.75) is 0 Å². The number of nitrogens with zero attached hydrogens (tertiary/aromatic N) is 2. The van der Waals surface area contributed by atoms with Crippen molar-refractivity contribution in [2.75, 3.05) is 60.8 Å². The first-order chi connectivity index (χ1) is 20.6. The number of aromatic amines is 2. The maximum Gasteiger partial charge on any atom is 0.128 e. The van der Waals surface area contributed by atoms with Crippen LogP contribution in [0.2, 0.25) is 0 Å². The van der Waals surface area contributed by atoms with Gasteiger partial charge in [-0.05, 0) is 35.4 Å². The van der Waals surface area contributed by atoms with Crippen LogP contribution in [0.1, 0.15) is 11.1 Å². The van der Waals surface area contributed by atoms with E-state index in [9.17, 15) is 0 Å². The van der Waals surface area contributed by atoms with Crippen molar-refractivity contribution < 1.29 is 14.2 Å². The molecule has 42 heavy (non-hydrogen) atoms. The zero-order chi connectivity index (χ0) is 29.3. The second-order valence-corrected chi connectivity index (χ2v) is 9.95. The summed E-state index contributed by atoms with van der Waals surface area (Å²) in [6.07, 6.45) is 0. The molecule has 2 aromatic heterocycles. The maximum atomic E-state index is 6.18. The smallest absolute Gasteiger partial charge is 0.128 e. The molecule has 5 N–H and O–H groups in total. The van der Waals surface area contributed by atoms with Crippen LogP contribution in [0.4, 0.5) is 0 Å². The highest BCUT2D eigenvalue weighted by molar-refractivity contribution is 6.02. The first-order valence-electron chi connectivity index (χ1n) is 14.0. The molecule has 2 heterocycles. The van der Waals surface area contributed by atoms with Gasteiger partial charge in [0.1, 0.15) is 11.7 Å². The Morgan fingerprint density at radius 2 is 1.19 bits per heavy atom. The minimum Gasteiger partial charge on any atom is -0.384 e. The Morgan fingerprint density at radius 3 is 1.76 bits per heavy atom. The monoisotopic (exact) mass is 566 g/mol. The highest BCUT2D eigenvalue weighted by Crippen LogP contribution is 2.29. The lowest BCUT2D eigenvalue weighted by Crippen LogP contribution is -2.28. The average Bonchev–Trinajstić information content (AvgIpc) is 3.64. The summed E-state index contributed by atoms with van der Waals surface area (Å²) in [5.74, 6) is 1.34. The molecule has 0 bridgehead atoms. The van der Waals surface area contributed by atoms with E-state index in [0.717, 1.165) is 61.3 Å². The van der Waals surface area contributed by atoms with Crippen molar-refractivity contribution in [3.63, 3.8) is 0 Å². The van der Waals surface area contributed by atoms with Crippen molar-refractivity contribution in [1.82, 2.24) is 15.3 Å². The summed E-state index contributed by atoms with van der Waals surface area (Å²) in [7, 11) is 5.03. The van der Waals surface area contributed by atoms with Gasteiger partial charge >= 0.3 is 0 Å². The molecule has 0 aliphatic heterocycles. The number of H-pyrrole nitrogens is 2. The molecular weight excluding hydrogens is 528 g/mol. The van der Waals surface area contributed by atoms with E-state index < -0.39 is 0 Å². The number of nitrogens with one attached hydrogen (secondary N) is 3. The van der Waals surface area contributed by atoms with Crippen molar-refractivity contribution in [1.29, 1.82) is 0 Å². The first-order valence-corrected chi connectivity index (χ1v) is 14.0. The minimum absolute atomic E-state index is 0.511. The highest BCUT2D eigenvalue weighted by atomic mass is 16.5. The molecule has 0 radical (unpaired) electrons. The number of fused-ring (bicyclic) bond motifs is 2. The van der Waals surface area contributed by atoms with Crippen LogP contribution in [-0.2, 0) is 14.2 Å². The average molecular weight is 567 g/mol. The Kier molecular flexibility index (Phi) is 9.66. The Balaban J connectivity index is 1.35. The third-order valence-electron chi connectivity index (χ3n) is 7.06. The van der Waals surface area contributed by atoms with Crippen molar-refractivity contribution in [2.24, 2.45) is 15.7 Å². The fraction of sp³-hybridized carbons (Fsp3) is 0.273. The largest absolute Gasteiger partial charge is 0.384 e. The molecule has 5 aromatic rings. The lowest BCUT2D eigenvalue weighted by atomic mass is 10.1. The van der Waals surface area contributed by atoms with Gasteiger partial charge in [0.05, 0.1) is 32.9 Å². The van der Waals surface area contributed by atoms with Gasteiger partial charge in [-0.15, -0.1) is 0 Å². The van der Waals surface area contributed by atoms with E-state index in [0.29, 0.717) is 45.3 Å². The molecule has 0 spiro atoms. The van der Waals surface area contributed by atoms with Crippen LogP contribution in [-0.4, -0.2) is 82.4 Å². The van der Waals surface area contributed by atoms with Gasteiger partial charge in [0.15, 0.2) is 0 Å². The molecule has 0 aliphatic rings. The first kappa shape index (κ1) is 29.1. The molecule has 0 saturated carbocycles. The molecule has 5 rings (SSSR count). The number of rotatable bonds is 13. The molecule has 9 heteroatoms. The Morgan fingerprint density at radius 1 is 0.667 bits per heavy atom. The molecule has 9 nitrogen and oxygen atoms in total. The van der Waals surface area contributed by atoms with Gasteiger partial charge in [-0.3, -0.25) is 9.98 Å². The summed E-state index contributed by atoms with van der Waals surface area (Å²) in [5, 5.41) is 5.65. The van der Waals surface area contributed by atoms with Gasteiger partial charge in [-0.1, -0.05) is 48.5 Å². The van der Waals surface area contributed by atoms with E-state index in [-0.39, 0.29) is 0 Å². The number of hydrogen-bond donors (Lipinski definition) is 4. The number of aromatic nitrogens is 2. The van der Waals surface area contributed by atoms with Gasteiger partial charge in [-0.2, -0.15) is 0 Å². The molecule has 0 fully saturated rings. The van der Waals surface area contributed by atoms with E-state index in [1.165, 1.54) is 0 Å². The third kappa shape index (κ3) is 6.88. The summed E-state index contributed by atoms with van der Waals surface area (Å²) >= 11 is 0. The summed E-state index contributed by atoms with van der Waals surface area (Å²) in [6.45, 7) is 3.52. The van der Waals surface area contributed by atoms with Gasteiger partial charge in [0, 0.05) is 72.2 Å². The second kappa shape index (κ2) is 14.0. The number of ether oxygens (including phenoxy) is 3. The van der Waals surface area contributed by atoms with Crippen molar-refractivity contribution >= 4 is 33.5 Å². The molecule has 0 atom stereocenters. The van der Waals surface area contributed by atoms with Gasteiger partial charge in [-0.25, -0.2) is 0 Å². The molecule has 0 aliphatic carbocycles. The number of methoxy groups -OCH3 is 3. The topological polar surface area (TPSA) is 122 Å². The molecule has 0 unspecified atom stereocenters. The maximum absolute atomic E-state index is 6.18. The second-order valence-electron chi connectivity index (χ2n) is 9.95. The molecule has 218 valence electrons. The highest BCUT2D eigenvalue weighted by Gasteiger charge is 2.10. The number of aliphatic imine (C=N–C) groups is 2. The van der Waals surface area contributed by atoms with Crippen LogP contribution in [0.15, 0.2) is 82.8 Å². The summed E-state index contributed by atoms with van der Waals surface area (Å²) in [6, 6.07) is 25.3. The van der Waals surface area contributed by atoms with Crippen LogP contribution in [0.5, 0.6) is 0 Å².